The zero-order chi connectivity index (χ0) is 15.6. The monoisotopic (exact) mass is 319 g/mol. The standard InChI is InChI=1S/C15H17N3O3S/c16-9-11-7-12(1-2-14(11)18(19)20)17-13-3-5-21-15(8-13)4-6-22-10-15/h1-2,7,13,17H,3-6,8,10H2/t13-,15-/m1/s1. The van der Waals surface area contributed by atoms with Crippen LogP contribution < -0.4 is 5.32 Å². The first-order chi connectivity index (χ1) is 10.6. The first-order valence-corrected chi connectivity index (χ1v) is 8.44. The summed E-state index contributed by atoms with van der Waals surface area (Å²) in [5.74, 6) is 2.18. The number of rotatable bonds is 3. The number of nitrogens with zero attached hydrogens (tertiary/aromatic N) is 2. The van der Waals surface area contributed by atoms with Crippen molar-refractivity contribution in [3.05, 3.63) is 33.9 Å². The number of nitriles is 1. The van der Waals surface area contributed by atoms with Crippen molar-refractivity contribution < 1.29 is 9.66 Å². The van der Waals surface area contributed by atoms with Crippen LogP contribution in [0.3, 0.4) is 0 Å². The Morgan fingerprint density at radius 1 is 1.55 bits per heavy atom. The van der Waals surface area contributed by atoms with Crippen molar-refractivity contribution >= 4 is 23.1 Å². The number of hydrogen-bond donors (Lipinski definition) is 1. The van der Waals surface area contributed by atoms with Crippen LogP contribution in [0.15, 0.2) is 18.2 Å². The second kappa shape index (κ2) is 6.15. The normalized spacial score (nSPS) is 27.5. The molecule has 3 rings (SSSR count). The summed E-state index contributed by atoms with van der Waals surface area (Å²) < 4.78 is 5.99. The van der Waals surface area contributed by atoms with Crippen molar-refractivity contribution in [2.75, 3.05) is 23.4 Å². The van der Waals surface area contributed by atoms with Gasteiger partial charge in [0.1, 0.15) is 11.6 Å². The highest BCUT2D eigenvalue weighted by atomic mass is 32.2. The van der Waals surface area contributed by atoms with E-state index in [0.717, 1.165) is 43.1 Å². The molecule has 116 valence electrons. The van der Waals surface area contributed by atoms with Gasteiger partial charge in [0.25, 0.3) is 5.69 Å². The number of nitro groups is 1. The molecule has 0 amide bonds. The lowest BCUT2D eigenvalue weighted by molar-refractivity contribution is -0.385. The molecular formula is C15H17N3O3S. The maximum atomic E-state index is 10.9. The summed E-state index contributed by atoms with van der Waals surface area (Å²) in [5, 5.41) is 23.3. The van der Waals surface area contributed by atoms with Crippen LogP contribution in [0.25, 0.3) is 0 Å². The van der Waals surface area contributed by atoms with Crippen molar-refractivity contribution in [2.45, 2.75) is 30.9 Å². The Morgan fingerprint density at radius 2 is 2.41 bits per heavy atom. The molecule has 22 heavy (non-hydrogen) atoms. The van der Waals surface area contributed by atoms with Crippen molar-refractivity contribution in [2.24, 2.45) is 0 Å². The number of thioether (sulfide) groups is 1. The van der Waals surface area contributed by atoms with Crippen LogP contribution in [0.2, 0.25) is 0 Å². The summed E-state index contributed by atoms with van der Waals surface area (Å²) in [6.45, 7) is 0.732. The number of anilines is 1. The molecule has 1 N–H and O–H groups in total. The smallest absolute Gasteiger partial charge is 0.287 e. The minimum Gasteiger partial charge on any atom is -0.382 e. The minimum absolute atomic E-state index is 0.0145. The molecular weight excluding hydrogens is 302 g/mol. The first kappa shape index (κ1) is 15.1. The largest absolute Gasteiger partial charge is 0.382 e. The number of nitrogens with one attached hydrogen (secondary N) is 1. The molecule has 0 unspecified atom stereocenters. The summed E-state index contributed by atoms with van der Waals surface area (Å²) in [6.07, 6.45) is 2.93. The van der Waals surface area contributed by atoms with E-state index in [-0.39, 0.29) is 22.9 Å². The number of benzene rings is 1. The summed E-state index contributed by atoms with van der Waals surface area (Å²) in [4.78, 5) is 10.3. The Hall–Kier alpha value is -1.78. The lowest BCUT2D eigenvalue weighted by Gasteiger charge is -2.38. The van der Waals surface area contributed by atoms with E-state index in [2.05, 4.69) is 5.32 Å². The van der Waals surface area contributed by atoms with Crippen LogP contribution in [-0.4, -0.2) is 34.7 Å². The van der Waals surface area contributed by atoms with Gasteiger partial charge >= 0.3 is 0 Å². The molecule has 0 aliphatic carbocycles. The van der Waals surface area contributed by atoms with Gasteiger partial charge in [0, 0.05) is 30.2 Å². The van der Waals surface area contributed by atoms with Crippen LogP contribution in [-0.2, 0) is 4.74 Å². The molecule has 2 aliphatic rings. The van der Waals surface area contributed by atoms with Gasteiger partial charge in [-0.2, -0.15) is 17.0 Å². The van der Waals surface area contributed by atoms with Crippen molar-refractivity contribution in [3.63, 3.8) is 0 Å². The summed E-state index contributed by atoms with van der Waals surface area (Å²) in [7, 11) is 0. The van der Waals surface area contributed by atoms with E-state index >= 15 is 0 Å². The van der Waals surface area contributed by atoms with Crippen LogP contribution in [0, 0.1) is 21.4 Å². The SMILES string of the molecule is N#Cc1cc(N[C@@H]2CCO[C@]3(CCSC3)C2)ccc1[N+](=O)[O-]. The van der Waals surface area contributed by atoms with E-state index in [1.807, 2.05) is 17.8 Å². The van der Waals surface area contributed by atoms with Crippen molar-refractivity contribution in [3.8, 4) is 6.07 Å². The van der Waals surface area contributed by atoms with E-state index < -0.39 is 4.92 Å². The zero-order valence-corrected chi connectivity index (χ0v) is 12.9. The second-order valence-electron chi connectivity index (χ2n) is 5.77. The third kappa shape index (κ3) is 3.03. The molecule has 1 spiro atoms. The van der Waals surface area contributed by atoms with Gasteiger partial charge in [-0.05, 0) is 37.1 Å². The lowest BCUT2D eigenvalue weighted by atomic mass is 9.89. The Kier molecular flexibility index (Phi) is 4.23. The van der Waals surface area contributed by atoms with Gasteiger partial charge in [-0.15, -0.1) is 0 Å². The predicted molar refractivity (Wildman–Crippen MR) is 85.1 cm³/mol. The fraction of sp³-hybridized carbons (Fsp3) is 0.533. The van der Waals surface area contributed by atoms with Gasteiger partial charge in [-0.25, -0.2) is 0 Å². The molecule has 0 aromatic heterocycles. The molecule has 2 heterocycles. The number of nitro benzene ring substituents is 1. The van der Waals surface area contributed by atoms with E-state index in [1.54, 1.807) is 12.1 Å². The van der Waals surface area contributed by atoms with Crippen molar-refractivity contribution in [1.29, 1.82) is 5.26 Å². The fourth-order valence-corrected chi connectivity index (χ4v) is 4.50. The van der Waals surface area contributed by atoms with Gasteiger partial charge in [-0.1, -0.05) is 0 Å². The van der Waals surface area contributed by atoms with Gasteiger partial charge in [0.15, 0.2) is 0 Å². The molecule has 0 saturated carbocycles. The van der Waals surface area contributed by atoms with Crippen LogP contribution in [0.4, 0.5) is 11.4 Å². The molecule has 2 fully saturated rings. The Balaban J connectivity index is 1.73. The molecule has 7 heteroatoms. The number of ether oxygens (including phenoxy) is 1. The molecule has 0 radical (unpaired) electrons. The van der Waals surface area contributed by atoms with Crippen LogP contribution >= 0.6 is 11.8 Å². The Labute approximate surface area is 133 Å². The highest BCUT2D eigenvalue weighted by Crippen LogP contribution is 2.39. The van der Waals surface area contributed by atoms with Crippen LogP contribution in [0.1, 0.15) is 24.8 Å². The zero-order valence-electron chi connectivity index (χ0n) is 12.1. The van der Waals surface area contributed by atoms with E-state index in [0.29, 0.717) is 0 Å². The van der Waals surface area contributed by atoms with E-state index in [9.17, 15) is 10.1 Å². The third-order valence-electron chi connectivity index (χ3n) is 4.24. The van der Waals surface area contributed by atoms with Crippen molar-refractivity contribution in [1.82, 2.24) is 0 Å². The van der Waals surface area contributed by atoms with E-state index in [4.69, 9.17) is 10.00 Å². The quantitative estimate of drug-likeness (QED) is 0.680. The van der Waals surface area contributed by atoms with Gasteiger partial charge < -0.3 is 10.1 Å². The molecule has 2 aliphatic heterocycles. The molecule has 0 bridgehead atoms. The first-order valence-electron chi connectivity index (χ1n) is 7.29. The molecule has 2 atom stereocenters. The van der Waals surface area contributed by atoms with Gasteiger partial charge in [0.05, 0.1) is 10.5 Å². The topological polar surface area (TPSA) is 88.2 Å². The fourth-order valence-electron chi connectivity index (χ4n) is 3.12. The highest BCUT2D eigenvalue weighted by molar-refractivity contribution is 7.99. The Bertz CT molecular complexity index is 623. The molecule has 1 aromatic carbocycles. The van der Waals surface area contributed by atoms with Gasteiger partial charge in [0.2, 0.25) is 0 Å². The van der Waals surface area contributed by atoms with E-state index in [1.165, 1.54) is 6.07 Å². The summed E-state index contributed by atoms with van der Waals surface area (Å²) in [6, 6.07) is 6.79. The number of hydrogen-bond acceptors (Lipinski definition) is 6. The third-order valence-corrected chi connectivity index (χ3v) is 5.47. The minimum atomic E-state index is -0.526. The molecule has 1 aromatic rings. The second-order valence-corrected chi connectivity index (χ2v) is 6.87. The average Bonchev–Trinajstić information content (AvgIpc) is 2.94. The average molecular weight is 319 g/mol. The summed E-state index contributed by atoms with van der Waals surface area (Å²) >= 11 is 1.93. The maximum Gasteiger partial charge on any atom is 0.287 e. The Morgan fingerprint density at radius 3 is 3.09 bits per heavy atom. The summed E-state index contributed by atoms with van der Waals surface area (Å²) in [5.41, 5.74) is 0.686. The van der Waals surface area contributed by atoms with Crippen LogP contribution in [0.5, 0.6) is 0 Å². The highest BCUT2D eigenvalue weighted by Gasteiger charge is 2.40. The van der Waals surface area contributed by atoms with Gasteiger partial charge in [-0.3, -0.25) is 10.1 Å². The predicted octanol–water partition coefficient (Wildman–Crippen LogP) is 2.93. The molecule has 6 nitrogen and oxygen atoms in total. The lowest BCUT2D eigenvalue weighted by Crippen LogP contribution is -2.44. The molecule has 2 saturated heterocycles. The maximum absolute atomic E-state index is 10.9.